The van der Waals surface area contributed by atoms with Gasteiger partial charge in [0.25, 0.3) is 5.91 Å². The largest absolute Gasteiger partial charge is 0.491 e. The Balaban J connectivity index is 1.38. The number of benzene rings is 3. The van der Waals surface area contributed by atoms with Crippen molar-refractivity contribution >= 4 is 28.9 Å². The Kier molecular flexibility index (Phi) is 10.2. The van der Waals surface area contributed by atoms with Crippen molar-refractivity contribution in [1.82, 2.24) is 5.32 Å². The number of thiocarbonyl (C=S) groups is 1. The molecular formula is C26H28N2O5S. The standard InChI is InChI=1S/C26H28N2O5S/c1-2-30-16-17-31-24-14-10-21(11-15-24)27-26(34)28-25(29)20-8-12-23(13-9-20)33-19-18-32-22-6-4-3-5-7-22/h3-15H,2,16-19H2,1H3,(H2,27,28,29,34). The first-order valence-electron chi connectivity index (χ1n) is 11.0. The lowest BCUT2D eigenvalue weighted by Crippen LogP contribution is -2.34. The molecule has 0 aliphatic carbocycles. The van der Waals surface area contributed by atoms with E-state index in [-0.39, 0.29) is 11.0 Å². The molecule has 2 N–H and O–H groups in total. The smallest absolute Gasteiger partial charge is 0.257 e. The van der Waals surface area contributed by atoms with Crippen molar-refractivity contribution in [2.24, 2.45) is 0 Å². The summed E-state index contributed by atoms with van der Waals surface area (Å²) in [5.41, 5.74) is 1.21. The molecule has 8 heteroatoms. The molecule has 0 aliphatic rings. The quantitative estimate of drug-likeness (QED) is 0.288. The van der Waals surface area contributed by atoms with Crippen molar-refractivity contribution in [2.75, 3.05) is 38.4 Å². The van der Waals surface area contributed by atoms with Gasteiger partial charge < -0.3 is 24.3 Å². The fourth-order valence-corrected chi connectivity index (χ4v) is 3.08. The summed E-state index contributed by atoms with van der Waals surface area (Å²) in [6.45, 7) is 4.45. The monoisotopic (exact) mass is 480 g/mol. The molecule has 3 aromatic rings. The Bertz CT molecular complexity index is 1030. The van der Waals surface area contributed by atoms with Gasteiger partial charge in [0, 0.05) is 17.9 Å². The lowest BCUT2D eigenvalue weighted by molar-refractivity contribution is 0.0977. The van der Waals surface area contributed by atoms with Crippen molar-refractivity contribution in [3.05, 3.63) is 84.4 Å². The van der Waals surface area contributed by atoms with E-state index in [4.69, 9.17) is 31.2 Å². The Hall–Kier alpha value is -3.62. The highest BCUT2D eigenvalue weighted by molar-refractivity contribution is 7.80. The van der Waals surface area contributed by atoms with Crippen LogP contribution in [-0.4, -0.2) is 44.1 Å². The molecule has 0 bridgehead atoms. The molecule has 1 amide bonds. The molecule has 0 heterocycles. The number of hydrogen-bond donors (Lipinski definition) is 2. The number of carbonyl (C=O) groups excluding carboxylic acids is 1. The van der Waals surface area contributed by atoms with Crippen LogP contribution in [0, 0.1) is 0 Å². The fourth-order valence-electron chi connectivity index (χ4n) is 2.87. The summed E-state index contributed by atoms with van der Waals surface area (Å²) in [5, 5.41) is 5.86. The molecule has 3 aromatic carbocycles. The van der Waals surface area contributed by atoms with Crippen LogP contribution in [0.15, 0.2) is 78.9 Å². The molecule has 0 aliphatic heterocycles. The zero-order valence-electron chi connectivity index (χ0n) is 19.0. The fraction of sp³-hybridized carbons (Fsp3) is 0.231. The summed E-state index contributed by atoms with van der Waals surface area (Å²) in [7, 11) is 0. The highest BCUT2D eigenvalue weighted by Crippen LogP contribution is 2.16. The number of carbonyl (C=O) groups is 1. The number of anilines is 1. The molecule has 34 heavy (non-hydrogen) atoms. The summed E-state index contributed by atoms with van der Waals surface area (Å²) in [6.07, 6.45) is 0. The first kappa shape index (κ1) is 25.0. The summed E-state index contributed by atoms with van der Waals surface area (Å²) in [5.74, 6) is 1.86. The van der Waals surface area contributed by atoms with E-state index >= 15 is 0 Å². The average Bonchev–Trinajstić information content (AvgIpc) is 2.86. The number of hydrogen-bond acceptors (Lipinski definition) is 6. The number of nitrogens with one attached hydrogen (secondary N) is 2. The van der Waals surface area contributed by atoms with Crippen LogP contribution in [-0.2, 0) is 4.74 Å². The maximum atomic E-state index is 12.5. The molecule has 0 radical (unpaired) electrons. The SMILES string of the molecule is CCOCCOc1ccc(NC(=S)NC(=O)c2ccc(OCCOc3ccccc3)cc2)cc1. The van der Waals surface area contributed by atoms with Gasteiger partial charge in [0.2, 0.25) is 0 Å². The van der Waals surface area contributed by atoms with Crippen LogP contribution in [0.3, 0.4) is 0 Å². The minimum atomic E-state index is -0.313. The van der Waals surface area contributed by atoms with Crippen LogP contribution in [0.25, 0.3) is 0 Å². The zero-order valence-corrected chi connectivity index (χ0v) is 19.8. The molecule has 178 valence electrons. The maximum Gasteiger partial charge on any atom is 0.257 e. The van der Waals surface area contributed by atoms with Gasteiger partial charge in [-0.1, -0.05) is 18.2 Å². The van der Waals surface area contributed by atoms with E-state index in [1.54, 1.807) is 24.3 Å². The second kappa shape index (κ2) is 13.8. The van der Waals surface area contributed by atoms with E-state index in [1.807, 2.05) is 61.5 Å². The summed E-state index contributed by atoms with van der Waals surface area (Å²) in [6, 6.07) is 23.7. The van der Waals surface area contributed by atoms with Crippen LogP contribution in [0.5, 0.6) is 17.2 Å². The Labute approximate surface area is 205 Å². The predicted molar refractivity (Wildman–Crippen MR) is 136 cm³/mol. The zero-order chi connectivity index (χ0) is 24.0. The topological polar surface area (TPSA) is 78.1 Å². The van der Waals surface area contributed by atoms with E-state index in [0.29, 0.717) is 44.3 Å². The van der Waals surface area contributed by atoms with Gasteiger partial charge in [-0.3, -0.25) is 10.1 Å². The Morgan fingerprint density at radius 2 is 1.26 bits per heavy atom. The third-order valence-corrected chi connectivity index (χ3v) is 4.72. The van der Waals surface area contributed by atoms with Gasteiger partial charge >= 0.3 is 0 Å². The van der Waals surface area contributed by atoms with Crippen molar-refractivity contribution in [1.29, 1.82) is 0 Å². The summed E-state index contributed by atoms with van der Waals surface area (Å²) < 4.78 is 22.1. The van der Waals surface area contributed by atoms with Crippen LogP contribution in [0.4, 0.5) is 5.69 Å². The number of amides is 1. The summed E-state index contributed by atoms with van der Waals surface area (Å²) >= 11 is 5.25. The van der Waals surface area contributed by atoms with Gasteiger partial charge in [-0.05, 0) is 79.8 Å². The van der Waals surface area contributed by atoms with Gasteiger partial charge in [-0.25, -0.2) is 0 Å². The molecule has 0 spiro atoms. The van der Waals surface area contributed by atoms with E-state index in [9.17, 15) is 4.79 Å². The molecule has 0 saturated carbocycles. The van der Waals surface area contributed by atoms with Crippen molar-refractivity contribution in [3.63, 3.8) is 0 Å². The van der Waals surface area contributed by atoms with Crippen LogP contribution >= 0.6 is 12.2 Å². The molecule has 0 unspecified atom stereocenters. The molecule has 0 atom stereocenters. The van der Waals surface area contributed by atoms with Crippen molar-refractivity contribution in [3.8, 4) is 17.2 Å². The third-order valence-electron chi connectivity index (χ3n) is 4.52. The van der Waals surface area contributed by atoms with Gasteiger partial charge in [0.1, 0.15) is 37.1 Å². The van der Waals surface area contributed by atoms with E-state index in [1.165, 1.54) is 0 Å². The van der Waals surface area contributed by atoms with Gasteiger partial charge in [-0.2, -0.15) is 0 Å². The van der Waals surface area contributed by atoms with Gasteiger partial charge in [0.05, 0.1) is 6.61 Å². The molecule has 3 rings (SSSR count). The van der Waals surface area contributed by atoms with Crippen LogP contribution in [0.1, 0.15) is 17.3 Å². The van der Waals surface area contributed by atoms with Crippen LogP contribution < -0.4 is 24.8 Å². The molecule has 0 saturated heterocycles. The van der Waals surface area contributed by atoms with Crippen molar-refractivity contribution < 1.29 is 23.7 Å². The number of ether oxygens (including phenoxy) is 4. The van der Waals surface area contributed by atoms with E-state index in [2.05, 4.69) is 10.6 Å². The highest BCUT2D eigenvalue weighted by atomic mass is 32.1. The number of para-hydroxylation sites is 1. The van der Waals surface area contributed by atoms with Crippen molar-refractivity contribution in [2.45, 2.75) is 6.92 Å². The Morgan fingerprint density at radius 3 is 1.85 bits per heavy atom. The van der Waals surface area contributed by atoms with Gasteiger partial charge in [-0.15, -0.1) is 0 Å². The second-order valence-electron chi connectivity index (χ2n) is 7.01. The minimum Gasteiger partial charge on any atom is -0.491 e. The average molecular weight is 481 g/mol. The lowest BCUT2D eigenvalue weighted by atomic mass is 10.2. The van der Waals surface area contributed by atoms with Gasteiger partial charge in [0.15, 0.2) is 5.11 Å². The normalized spacial score (nSPS) is 10.3. The third kappa shape index (κ3) is 8.73. The lowest BCUT2D eigenvalue weighted by Gasteiger charge is -2.11. The Morgan fingerprint density at radius 1 is 0.735 bits per heavy atom. The molecular weight excluding hydrogens is 452 g/mol. The van der Waals surface area contributed by atoms with E-state index in [0.717, 1.165) is 17.2 Å². The summed E-state index contributed by atoms with van der Waals surface area (Å²) in [4.78, 5) is 12.5. The first-order valence-corrected chi connectivity index (χ1v) is 11.4. The molecule has 0 aromatic heterocycles. The van der Waals surface area contributed by atoms with Crippen LogP contribution in [0.2, 0.25) is 0 Å². The molecule has 7 nitrogen and oxygen atoms in total. The van der Waals surface area contributed by atoms with E-state index < -0.39 is 0 Å². The molecule has 0 fully saturated rings. The second-order valence-corrected chi connectivity index (χ2v) is 7.42. The highest BCUT2D eigenvalue weighted by Gasteiger charge is 2.08. The maximum absolute atomic E-state index is 12.5. The minimum absolute atomic E-state index is 0.202. The predicted octanol–water partition coefficient (Wildman–Crippen LogP) is 4.69. The first-order chi connectivity index (χ1) is 16.6. The number of rotatable bonds is 12.